The summed E-state index contributed by atoms with van der Waals surface area (Å²) in [6.07, 6.45) is -0.246. The third-order valence-corrected chi connectivity index (χ3v) is 4.07. The second-order valence-corrected chi connectivity index (χ2v) is 5.95. The first-order chi connectivity index (χ1) is 11.5. The van der Waals surface area contributed by atoms with E-state index in [1.165, 1.54) is 18.2 Å². The maximum atomic E-state index is 13.7. The largest absolute Gasteiger partial charge is 0.486 e. The van der Waals surface area contributed by atoms with Gasteiger partial charge in [-0.25, -0.2) is 4.39 Å². The van der Waals surface area contributed by atoms with Crippen molar-refractivity contribution in [3.8, 4) is 11.5 Å². The lowest BCUT2D eigenvalue weighted by molar-refractivity contribution is -0.144. The Morgan fingerprint density at radius 2 is 1.96 bits per heavy atom. The molecule has 0 radical (unpaired) electrons. The highest BCUT2D eigenvalue weighted by Crippen LogP contribution is 2.38. The molecular formula is C17H13Cl2FO4. The molecule has 4 nitrogen and oxygen atoms in total. The van der Waals surface area contributed by atoms with Crippen LogP contribution in [0.25, 0.3) is 0 Å². The smallest absolute Gasteiger partial charge is 0.310 e. The maximum Gasteiger partial charge on any atom is 0.310 e. The number of ether oxygens (including phenoxy) is 3. The fraction of sp³-hybridized carbons (Fsp3) is 0.235. The van der Waals surface area contributed by atoms with Gasteiger partial charge in [0, 0.05) is 10.6 Å². The summed E-state index contributed by atoms with van der Waals surface area (Å²) in [5.41, 5.74) is 0.765. The molecule has 0 N–H and O–H groups in total. The van der Waals surface area contributed by atoms with Crippen LogP contribution in [-0.2, 0) is 22.6 Å². The van der Waals surface area contributed by atoms with Crippen molar-refractivity contribution in [2.45, 2.75) is 13.0 Å². The van der Waals surface area contributed by atoms with Gasteiger partial charge in [-0.15, -0.1) is 0 Å². The Hall–Kier alpha value is -1.98. The van der Waals surface area contributed by atoms with Gasteiger partial charge >= 0.3 is 5.97 Å². The van der Waals surface area contributed by atoms with Crippen molar-refractivity contribution in [2.75, 3.05) is 13.2 Å². The molecule has 0 saturated heterocycles. The number of benzene rings is 2. The van der Waals surface area contributed by atoms with Gasteiger partial charge in [-0.3, -0.25) is 4.79 Å². The number of hydrogen-bond acceptors (Lipinski definition) is 4. The average Bonchev–Trinajstić information content (AvgIpc) is 2.56. The molecule has 0 aliphatic carbocycles. The molecule has 2 aromatic rings. The van der Waals surface area contributed by atoms with Crippen LogP contribution in [0.2, 0.25) is 10.0 Å². The van der Waals surface area contributed by atoms with Crippen molar-refractivity contribution in [3.05, 3.63) is 57.3 Å². The molecule has 0 unspecified atom stereocenters. The molecule has 0 atom stereocenters. The summed E-state index contributed by atoms with van der Waals surface area (Å²) in [5, 5.41) is 0.574. The van der Waals surface area contributed by atoms with E-state index >= 15 is 0 Å². The second-order valence-electron chi connectivity index (χ2n) is 5.14. The molecule has 1 aliphatic rings. The summed E-state index contributed by atoms with van der Waals surface area (Å²) in [5.74, 6) is -0.136. The van der Waals surface area contributed by atoms with Gasteiger partial charge in [0.25, 0.3) is 0 Å². The molecule has 0 amide bonds. The molecular weight excluding hydrogens is 358 g/mol. The molecule has 24 heavy (non-hydrogen) atoms. The van der Waals surface area contributed by atoms with Gasteiger partial charge in [-0.1, -0.05) is 29.3 Å². The minimum atomic E-state index is -0.590. The van der Waals surface area contributed by atoms with Crippen molar-refractivity contribution >= 4 is 29.2 Å². The molecule has 0 aromatic heterocycles. The van der Waals surface area contributed by atoms with Gasteiger partial charge in [-0.05, 0) is 29.8 Å². The number of fused-ring (bicyclic) bond motifs is 1. The van der Waals surface area contributed by atoms with Gasteiger partial charge in [-0.2, -0.15) is 0 Å². The number of halogens is 3. The molecule has 0 fully saturated rings. The number of rotatable bonds is 4. The Balaban J connectivity index is 1.65. The predicted octanol–water partition coefficient (Wildman–Crippen LogP) is 4.19. The summed E-state index contributed by atoms with van der Waals surface area (Å²) in [7, 11) is 0. The SMILES string of the molecule is O=C(Cc1c(F)cccc1Cl)OCc1cc(Cl)c2c(c1)OCCO2. The Kier molecular flexibility index (Phi) is 5.11. The predicted molar refractivity (Wildman–Crippen MR) is 87.4 cm³/mol. The van der Waals surface area contributed by atoms with Gasteiger partial charge in [0.2, 0.25) is 0 Å². The minimum absolute atomic E-state index is 0.0126. The zero-order valence-electron chi connectivity index (χ0n) is 12.5. The van der Waals surface area contributed by atoms with Crippen LogP contribution in [0.5, 0.6) is 11.5 Å². The van der Waals surface area contributed by atoms with E-state index in [0.29, 0.717) is 35.3 Å². The number of carbonyl (C=O) groups is 1. The fourth-order valence-corrected chi connectivity index (χ4v) is 2.83. The van der Waals surface area contributed by atoms with Gasteiger partial charge in [0.05, 0.1) is 11.4 Å². The van der Waals surface area contributed by atoms with Gasteiger partial charge in [0.15, 0.2) is 11.5 Å². The molecule has 126 valence electrons. The molecule has 1 aliphatic heterocycles. The standard InChI is InChI=1S/C17H13Cl2FO4/c18-12-2-1-3-14(20)11(12)8-16(21)24-9-10-6-13(19)17-15(7-10)22-4-5-23-17/h1-3,6-7H,4-5,8-9H2. The first-order valence-electron chi connectivity index (χ1n) is 7.21. The van der Waals surface area contributed by atoms with Crippen LogP contribution in [0.15, 0.2) is 30.3 Å². The maximum absolute atomic E-state index is 13.7. The number of carbonyl (C=O) groups excluding carboxylic acids is 1. The van der Waals surface area contributed by atoms with E-state index in [4.69, 9.17) is 37.4 Å². The molecule has 3 rings (SSSR count). The van der Waals surface area contributed by atoms with Gasteiger partial charge < -0.3 is 14.2 Å². The summed E-state index contributed by atoms with van der Waals surface area (Å²) in [6.45, 7) is 0.851. The summed E-state index contributed by atoms with van der Waals surface area (Å²) in [6, 6.07) is 7.58. The Labute approximate surface area is 148 Å². The first-order valence-corrected chi connectivity index (χ1v) is 7.96. The fourth-order valence-electron chi connectivity index (χ4n) is 2.31. The zero-order chi connectivity index (χ0) is 17.1. The van der Waals surface area contributed by atoms with Crippen molar-refractivity contribution in [1.29, 1.82) is 0 Å². The summed E-state index contributed by atoms with van der Waals surface area (Å²) in [4.78, 5) is 11.9. The molecule has 0 bridgehead atoms. The van der Waals surface area contributed by atoms with E-state index in [1.54, 1.807) is 12.1 Å². The van der Waals surface area contributed by atoms with Crippen LogP contribution in [0, 0.1) is 5.82 Å². The Morgan fingerprint density at radius 1 is 1.17 bits per heavy atom. The molecule has 0 saturated carbocycles. The zero-order valence-corrected chi connectivity index (χ0v) is 14.0. The number of hydrogen-bond donors (Lipinski definition) is 0. The van der Waals surface area contributed by atoms with Crippen molar-refractivity contribution in [1.82, 2.24) is 0 Å². The molecule has 1 heterocycles. The van der Waals surface area contributed by atoms with E-state index in [9.17, 15) is 9.18 Å². The summed E-state index contributed by atoms with van der Waals surface area (Å²) >= 11 is 12.0. The lowest BCUT2D eigenvalue weighted by Gasteiger charge is -2.20. The van der Waals surface area contributed by atoms with Crippen LogP contribution < -0.4 is 9.47 Å². The van der Waals surface area contributed by atoms with Crippen LogP contribution in [-0.4, -0.2) is 19.2 Å². The minimum Gasteiger partial charge on any atom is -0.486 e. The van der Waals surface area contributed by atoms with E-state index in [0.717, 1.165) is 0 Å². The van der Waals surface area contributed by atoms with Crippen LogP contribution in [0.4, 0.5) is 4.39 Å². The van der Waals surface area contributed by atoms with Crippen LogP contribution >= 0.6 is 23.2 Å². The topological polar surface area (TPSA) is 44.8 Å². The third-order valence-electron chi connectivity index (χ3n) is 3.44. The molecule has 7 heteroatoms. The Morgan fingerprint density at radius 3 is 2.75 bits per heavy atom. The van der Waals surface area contributed by atoms with Crippen molar-refractivity contribution < 1.29 is 23.4 Å². The highest BCUT2D eigenvalue weighted by atomic mass is 35.5. The second kappa shape index (κ2) is 7.28. The molecule has 2 aromatic carbocycles. The Bertz CT molecular complexity index is 759. The summed E-state index contributed by atoms with van der Waals surface area (Å²) < 4.78 is 29.7. The lowest BCUT2D eigenvalue weighted by atomic mass is 10.1. The number of esters is 1. The van der Waals surface area contributed by atoms with Crippen LogP contribution in [0.3, 0.4) is 0 Å². The van der Waals surface area contributed by atoms with Crippen LogP contribution in [0.1, 0.15) is 11.1 Å². The van der Waals surface area contributed by atoms with Crippen molar-refractivity contribution in [2.24, 2.45) is 0 Å². The third kappa shape index (κ3) is 3.74. The highest BCUT2D eigenvalue weighted by molar-refractivity contribution is 6.32. The van der Waals surface area contributed by atoms with Crippen molar-refractivity contribution in [3.63, 3.8) is 0 Å². The average molecular weight is 371 g/mol. The molecule has 0 spiro atoms. The monoisotopic (exact) mass is 370 g/mol. The first kappa shape index (κ1) is 16.9. The van der Waals surface area contributed by atoms with Gasteiger partial charge in [0.1, 0.15) is 25.6 Å². The van der Waals surface area contributed by atoms with E-state index < -0.39 is 11.8 Å². The quantitative estimate of drug-likeness (QED) is 0.757. The normalized spacial score (nSPS) is 12.8. The van der Waals surface area contributed by atoms with E-state index in [2.05, 4.69) is 0 Å². The van der Waals surface area contributed by atoms with E-state index in [-0.39, 0.29) is 23.6 Å². The lowest BCUT2D eigenvalue weighted by Crippen LogP contribution is -2.16. The van der Waals surface area contributed by atoms with E-state index in [1.807, 2.05) is 0 Å². The highest BCUT2D eigenvalue weighted by Gasteiger charge is 2.18.